The molecule has 7 rings (SSSR count). The van der Waals surface area contributed by atoms with Crippen LogP contribution >= 0.6 is 23.2 Å². The quantitative estimate of drug-likeness (QED) is 0.237. The molecule has 3 aromatic carbocycles. The Morgan fingerprint density at radius 3 is 2.20 bits per heavy atom. The van der Waals surface area contributed by atoms with Crippen LogP contribution in [0.1, 0.15) is 24.3 Å². The lowest BCUT2D eigenvalue weighted by atomic mass is 9.56. The van der Waals surface area contributed by atoms with E-state index in [-0.39, 0.29) is 35.9 Å². The zero-order chi connectivity index (χ0) is 31.1. The highest BCUT2D eigenvalue weighted by Gasteiger charge is 2.76. The van der Waals surface area contributed by atoms with Gasteiger partial charge in [0.2, 0.25) is 11.8 Å². The van der Waals surface area contributed by atoms with Gasteiger partial charge in [-0.15, -0.1) is 23.2 Å². The van der Waals surface area contributed by atoms with Gasteiger partial charge in [-0.1, -0.05) is 35.9 Å². The summed E-state index contributed by atoms with van der Waals surface area (Å²) in [7, 11) is 1.39. The number of aromatic hydroxyl groups is 1. The standard InChI is InChI=1S/C33H25Cl2FN2O6/c1-44-25-14-7-17(15-24(25)39)27-21-12-13-22-26(29(41)37(28(22)40)19-5-3-2-4-6-19)23(21)16-32(34)30(42)38(31(43)33(27,32)35)20-10-8-18(36)9-11-20/h2-12,14-15,22-23,26-27,39H,13,16H2,1H3/t22-,23+,26-,27-,32+,33-/m0/s1. The first-order chi connectivity index (χ1) is 21.0. The van der Waals surface area contributed by atoms with Crippen LogP contribution in [-0.4, -0.2) is 45.6 Å². The van der Waals surface area contributed by atoms with E-state index in [1.54, 1.807) is 36.4 Å². The normalized spacial score (nSPS) is 31.0. The Labute approximate surface area is 261 Å². The third-order valence-corrected chi connectivity index (χ3v) is 10.9. The molecule has 2 saturated heterocycles. The minimum Gasteiger partial charge on any atom is -0.504 e. The van der Waals surface area contributed by atoms with Gasteiger partial charge in [0.15, 0.2) is 21.2 Å². The number of carbonyl (C=O) groups is 4. The van der Waals surface area contributed by atoms with Crippen LogP contribution in [0.3, 0.4) is 0 Å². The van der Waals surface area contributed by atoms with Gasteiger partial charge in [-0.3, -0.25) is 24.1 Å². The van der Waals surface area contributed by atoms with Gasteiger partial charge in [-0.05, 0) is 72.9 Å². The van der Waals surface area contributed by atoms with Crippen molar-refractivity contribution < 1.29 is 33.4 Å². The lowest BCUT2D eigenvalue weighted by Gasteiger charge is -2.50. The number of alkyl halides is 2. The maximum atomic E-state index is 14.4. The Morgan fingerprint density at radius 1 is 0.864 bits per heavy atom. The second-order valence-electron chi connectivity index (χ2n) is 11.5. The smallest absolute Gasteiger partial charge is 0.258 e. The fourth-order valence-electron chi connectivity index (χ4n) is 7.49. The molecule has 3 aromatic rings. The molecule has 3 fully saturated rings. The predicted octanol–water partition coefficient (Wildman–Crippen LogP) is 5.31. The van der Waals surface area contributed by atoms with E-state index in [1.165, 1.54) is 36.3 Å². The minimum absolute atomic E-state index is 0.0874. The van der Waals surface area contributed by atoms with Crippen LogP contribution in [0.5, 0.6) is 11.5 Å². The zero-order valence-electron chi connectivity index (χ0n) is 23.2. The molecule has 0 unspecified atom stereocenters. The van der Waals surface area contributed by atoms with Gasteiger partial charge in [0.25, 0.3) is 11.8 Å². The molecule has 224 valence electrons. The monoisotopic (exact) mass is 634 g/mol. The lowest BCUT2D eigenvalue weighted by Crippen LogP contribution is -2.60. The Morgan fingerprint density at radius 2 is 1.55 bits per heavy atom. The molecular formula is C33H25Cl2FN2O6. The highest BCUT2D eigenvalue weighted by atomic mass is 35.5. The van der Waals surface area contributed by atoms with Gasteiger partial charge < -0.3 is 9.84 Å². The Hall–Kier alpha value is -4.21. The Kier molecular flexibility index (Phi) is 6.43. The number of imide groups is 2. The fourth-order valence-corrected chi connectivity index (χ4v) is 8.43. The highest BCUT2D eigenvalue weighted by molar-refractivity contribution is 6.58. The van der Waals surface area contributed by atoms with E-state index in [9.17, 15) is 28.7 Å². The van der Waals surface area contributed by atoms with E-state index in [0.29, 0.717) is 16.8 Å². The number of hydrogen-bond acceptors (Lipinski definition) is 6. The molecule has 4 amide bonds. The predicted molar refractivity (Wildman–Crippen MR) is 160 cm³/mol. The number of rotatable bonds is 4. The summed E-state index contributed by atoms with van der Waals surface area (Å²) in [5.41, 5.74) is 1.48. The number of ether oxygens (including phenoxy) is 1. The van der Waals surface area contributed by atoms with Gasteiger partial charge in [-0.25, -0.2) is 9.29 Å². The van der Waals surface area contributed by atoms with E-state index < -0.39 is 57.0 Å². The van der Waals surface area contributed by atoms with E-state index >= 15 is 0 Å². The van der Waals surface area contributed by atoms with Crippen molar-refractivity contribution in [3.8, 4) is 11.5 Å². The molecule has 11 heteroatoms. The molecule has 1 N–H and O–H groups in total. The molecule has 0 radical (unpaired) electrons. The third-order valence-electron chi connectivity index (χ3n) is 9.45. The van der Waals surface area contributed by atoms with Crippen LogP contribution in [0.4, 0.5) is 15.8 Å². The number of methoxy groups -OCH3 is 1. The summed E-state index contributed by atoms with van der Waals surface area (Å²) in [6.07, 6.45) is 1.82. The Balaban J connectivity index is 1.41. The van der Waals surface area contributed by atoms with Gasteiger partial charge in [0, 0.05) is 5.92 Å². The number of allylic oxidation sites excluding steroid dienone is 2. The maximum absolute atomic E-state index is 14.4. The van der Waals surface area contributed by atoms with Crippen molar-refractivity contribution in [2.45, 2.75) is 28.5 Å². The Bertz CT molecular complexity index is 1780. The number of phenolic OH excluding ortho intramolecular Hbond substituents is 1. The average molecular weight is 635 g/mol. The summed E-state index contributed by atoms with van der Waals surface area (Å²) < 4.78 is 19.0. The molecule has 6 atom stereocenters. The zero-order valence-corrected chi connectivity index (χ0v) is 24.8. The van der Waals surface area contributed by atoms with Gasteiger partial charge in [-0.2, -0.15) is 0 Å². The molecule has 0 spiro atoms. The maximum Gasteiger partial charge on any atom is 0.258 e. The van der Waals surface area contributed by atoms with Crippen molar-refractivity contribution in [3.63, 3.8) is 0 Å². The first kappa shape index (κ1) is 28.6. The van der Waals surface area contributed by atoms with E-state index in [2.05, 4.69) is 0 Å². The molecule has 2 aliphatic heterocycles. The fraction of sp³-hybridized carbons (Fsp3) is 0.273. The third kappa shape index (κ3) is 3.69. The summed E-state index contributed by atoms with van der Waals surface area (Å²) in [6, 6.07) is 17.9. The van der Waals surface area contributed by atoms with E-state index in [1.807, 2.05) is 6.08 Å². The second kappa shape index (κ2) is 9.90. The number of benzene rings is 3. The van der Waals surface area contributed by atoms with Crippen molar-refractivity contribution in [2.75, 3.05) is 16.9 Å². The number of nitrogens with zero attached hydrogens (tertiary/aromatic N) is 2. The number of carbonyl (C=O) groups excluding carboxylic acids is 4. The van der Waals surface area contributed by atoms with Crippen LogP contribution in [-0.2, 0) is 19.2 Å². The molecular weight excluding hydrogens is 610 g/mol. The molecule has 1 saturated carbocycles. The van der Waals surface area contributed by atoms with Gasteiger partial charge in [0.05, 0.1) is 30.3 Å². The van der Waals surface area contributed by atoms with Crippen molar-refractivity contribution in [1.29, 1.82) is 0 Å². The van der Waals surface area contributed by atoms with Crippen LogP contribution in [0, 0.1) is 23.6 Å². The van der Waals surface area contributed by atoms with Crippen LogP contribution < -0.4 is 14.5 Å². The largest absolute Gasteiger partial charge is 0.504 e. The number of amides is 4. The molecule has 8 nitrogen and oxygen atoms in total. The molecule has 0 aromatic heterocycles. The summed E-state index contributed by atoms with van der Waals surface area (Å²) in [5, 5.41) is 10.7. The molecule has 4 aliphatic rings. The van der Waals surface area contributed by atoms with Crippen molar-refractivity contribution in [2.24, 2.45) is 17.8 Å². The number of phenols is 1. The van der Waals surface area contributed by atoms with E-state index in [4.69, 9.17) is 27.9 Å². The van der Waals surface area contributed by atoms with Crippen LogP contribution in [0.2, 0.25) is 0 Å². The van der Waals surface area contributed by atoms with Crippen LogP contribution in [0.25, 0.3) is 0 Å². The molecule has 2 aliphatic carbocycles. The number of hydrogen-bond donors (Lipinski definition) is 1. The highest BCUT2D eigenvalue weighted by Crippen LogP contribution is 2.66. The minimum atomic E-state index is -2.10. The summed E-state index contributed by atoms with van der Waals surface area (Å²) in [5.74, 6) is -6.39. The average Bonchev–Trinajstić information content (AvgIpc) is 3.36. The van der Waals surface area contributed by atoms with E-state index in [0.717, 1.165) is 17.0 Å². The first-order valence-corrected chi connectivity index (χ1v) is 14.8. The number of anilines is 2. The summed E-state index contributed by atoms with van der Waals surface area (Å²) >= 11 is 14.7. The van der Waals surface area contributed by atoms with Gasteiger partial charge in [0.1, 0.15) is 5.82 Å². The van der Waals surface area contributed by atoms with Crippen molar-refractivity contribution >= 4 is 58.2 Å². The number of halogens is 3. The first-order valence-electron chi connectivity index (χ1n) is 14.0. The van der Waals surface area contributed by atoms with Crippen molar-refractivity contribution in [3.05, 3.63) is 95.8 Å². The molecule has 44 heavy (non-hydrogen) atoms. The summed E-state index contributed by atoms with van der Waals surface area (Å²) in [4.78, 5) is 54.2. The van der Waals surface area contributed by atoms with Gasteiger partial charge >= 0.3 is 0 Å². The molecule has 2 heterocycles. The SMILES string of the molecule is COc1ccc([C@H]2C3=CC[C@@H]4C(=O)N(c5ccccc5)C(=O)[C@@H]4[C@@H]3C[C@@]3(Cl)C(=O)N(c4ccc(F)cc4)C(=O)[C@@]23Cl)cc1O. The van der Waals surface area contributed by atoms with Crippen LogP contribution in [0.15, 0.2) is 84.4 Å². The number of fused-ring (bicyclic) bond motifs is 4. The topological polar surface area (TPSA) is 104 Å². The molecule has 0 bridgehead atoms. The summed E-state index contributed by atoms with van der Waals surface area (Å²) in [6.45, 7) is 0. The lowest BCUT2D eigenvalue weighted by molar-refractivity contribution is -0.125. The number of para-hydroxylation sites is 1. The second-order valence-corrected chi connectivity index (χ2v) is 12.8. The van der Waals surface area contributed by atoms with Crippen molar-refractivity contribution in [1.82, 2.24) is 0 Å².